The Morgan fingerprint density at radius 1 is 1.53 bits per heavy atom. The predicted octanol–water partition coefficient (Wildman–Crippen LogP) is 3.54. The summed E-state index contributed by atoms with van der Waals surface area (Å²) >= 11 is 12.5. The number of ether oxygens (including phenoxy) is 1. The number of carbonyl (C=O) groups is 1. The van der Waals surface area contributed by atoms with Gasteiger partial charge in [0, 0.05) is 0 Å². The van der Waals surface area contributed by atoms with Crippen LogP contribution in [0.2, 0.25) is 9.36 Å². The highest BCUT2D eigenvalue weighted by Crippen LogP contribution is 2.43. The third-order valence-corrected chi connectivity index (χ3v) is 4.06. The fourth-order valence-electron chi connectivity index (χ4n) is 1.13. The Labute approximate surface area is 101 Å². The lowest BCUT2D eigenvalue weighted by atomic mass is 10.4. The first-order valence-corrected chi connectivity index (χ1v) is 6.00. The van der Waals surface area contributed by atoms with E-state index in [2.05, 4.69) is 0 Å². The van der Waals surface area contributed by atoms with Crippen molar-refractivity contribution in [3.05, 3.63) is 14.2 Å². The van der Waals surface area contributed by atoms with Gasteiger partial charge >= 0.3 is 5.97 Å². The molecule has 1 aliphatic rings. The fraction of sp³-hybridized carbons (Fsp3) is 0.444. The van der Waals surface area contributed by atoms with Crippen LogP contribution >= 0.6 is 34.5 Å². The molecule has 1 saturated carbocycles. The maximum absolute atomic E-state index is 10.9. The van der Waals surface area contributed by atoms with E-state index in [-0.39, 0.29) is 20.0 Å². The number of hydrogen-bond donors (Lipinski definition) is 1. The Morgan fingerprint density at radius 3 is 2.73 bits per heavy atom. The second kappa shape index (κ2) is 4.20. The number of thiophene rings is 1. The molecule has 1 aromatic heterocycles. The Balaban J connectivity index is 2.20. The largest absolute Gasteiger partial charge is 0.490 e. The van der Waals surface area contributed by atoms with Crippen LogP contribution in [-0.2, 0) is 0 Å². The molecular formula is C9H8Cl2O3S. The maximum Gasteiger partial charge on any atom is 0.349 e. The highest BCUT2D eigenvalue weighted by Gasteiger charge is 2.26. The number of halogens is 2. The molecule has 0 saturated heterocycles. The normalized spacial score (nSPS) is 15.3. The van der Waals surface area contributed by atoms with Gasteiger partial charge in [-0.3, -0.25) is 0 Å². The third kappa shape index (κ3) is 2.38. The van der Waals surface area contributed by atoms with E-state index in [1.165, 1.54) is 0 Å². The summed E-state index contributed by atoms with van der Waals surface area (Å²) in [6, 6.07) is 0. The van der Waals surface area contributed by atoms with Gasteiger partial charge in [-0.2, -0.15) is 0 Å². The Kier molecular flexibility index (Phi) is 3.09. The summed E-state index contributed by atoms with van der Waals surface area (Å²) in [4.78, 5) is 10.9. The summed E-state index contributed by atoms with van der Waals surface area (Å²) in [7, 11) is 0. The van der Waals surface area contributed by atoms with E-state index in [1.54, 1.807) is 0 Å². The molecule has 0 unspecified atom stereocenters. The minimum absolute atomic E-state index is 0.0747. The van der Waals surface area contributed by atoms with Crippen molar-refractivity contribution in [1.82, 2.24) is 0 Å². The van der Waals surface area contributed by atoms with Gasteiger partial charge in [0.15, 0.2) is 10.6 Å². The van der Waals surface area contributed by atoms with E-state index in [0.29, 0.717) is 12.5 Å². The average molecular weight is 267 g/mol. The molecule has 0 bridgehead atoms. The molecule has 0 amide bonds. The van der Waals surface area contributed by atoms with Gasteiger partial charge in [0.05, 0.1) is 6.61 Å². The number of rotatable bonds is 4. The van der Waals surface area contributed by atoms with Crippen LogP contribution in [0.3, 0.4) is 0 Å². The summed E-state index contributed by atoms with van der Waals surface area (Å²) in [6.45, 7) is 0.521. The highest BCUT2D eigenvalue weighted by atomic mass is 35.5. The van der Waals surface area contributed by atoms with E-state index in [0.717, 1.165) is 24.2 Å². The number of carboxylic acids is 1. The second-order valence-electron chi connectivity index (χ2n) is 3.41. The monoisotopic (exact) mass is 266 g/mol. The van der Waals surface area contributed by atoms with E-state index in [9.17, 15) is 4.79 Å². The first kappa shape index (κ1) is 11.0. The molecule has 82 valence electrons. The van der Waals surface area contributed by atoms with Crippen LogP contribution in [0.1, 0.15) is 22.5 Å². The molecule has 0 atom stereocenters. The fourth-order valence-corrected chi connectivity index (χ4v) is 2.47. The van der Waals surface area contributed by atoms with Crippen molar-refractivity contribution in [2.75, 3.05) is 6.61 Å². The van der Waals surface area contributed by atoms with Gasteiger partial charge in [-0.05, 0) is 18.8 Å². The van der Waals surface area contributed by atoms with Crippen molar-refractivity contribution in [1.29, 1.82) is 0 Å². The Bertz CT molecular complexity index is 398. The first-order valence-electron chi connectivity index (χ1n) is 4.43. The molecule has 1 heterocycles. The van der Waals surface area contributed by atoms with Crippen LogP contribution in [0.15, 0.2) is 0 Å². The standard InChI is InChI=1S/C9H8Cl2O3S/c10-5-6(14-3-4-1-2-4)7(9(12)13)15-8(5)11/h4H,1-3H2,(H,12,13). The topological polar surface area (TPSA) is 46.5 Å². The summed E-state index contributed by atoms with van der Waals surface area (Å²) < 4.78 is 5.65. The lowest BCUT2D eigenvalue weighted by Crippen LogP contribution is -2.03. The molecule has 0 aromatic carbocycles. The summed E-state index contributed by atoms with van der Waals surface area (Å²) in [5.74, 6) is -0.299. The number of hydrogen-bond acceptors (Lipinski definition) is 3. The van der Waals surface area contributed by atoms with E-state index < -0.39 is 5.97 Å². The zero-order chi connectivity index (χ0) is 11.0. The van der Waals surface area contributed by atoms with E-state index in [1.807, 2.05) is 0 Å². The zero-order valence-corrected chi connectivity index (χ0v) is 9.95. The van der Waals surface area contributed by atoms with Gasteiger partial charge in [-0.15, -0.1) is 11.3 Å². The van der Waals surface area contributed by atoms with Crippen LogP contribution in [0.5, 0.6) is 5.75 Å². The summed E-state index contributed by atoms with van der Waals surface area (Å²) in [5, 5.41) is 9.11. The SMILES string of the molecule is O=C(O)c1sc(Cl)c(Cl)c1OCC1CC1. The molecule has 3 nitrogen and oxygen atoms in total. The van der Waals surface area contributed by atoms with Gasteiger partial charge in [0.1, 0.15) is 9.36 Å². The smallest absolute Gasteiger partial charge is 0.349 e. The molecule has 2 rings (SSSR count). The quantitative estimate of drug-likeness (QED) is 0.907. The van der Waals surface area contributed by atoms with Crippen LogP contribution in [-0.4, -0.2) is 17.7 Å². The summed E-state index contributed by atoms with van der Waals surface area (Å²) in [6.07, 6.45) is 2.27. The van der Waals surface area contributed by atoms with Crippen molar-refractivity contribution >= 4 is 40.5 Å². The molecule has 0 aliphatic heterocycles. The number of carboxylic acid groups (broad SMARTS) is 1. The number of aromatic carboxylic acids is 1. The van der Waals surface area contributed by atoms with Gasteiger partial charge in [0.25, 0.3) is 0 Å². The molecule has 15 heavy (non-hydrogen) atoms. The minimum atomic E-state index is -1.06. The van der Waals surface area contributed by atoms with Crippen molar-refractivity contribution in [2.45, 2.75) is 12.8 Å². The van der Waals surface area contributed by atoms with Crippen LogP contribution in [0, 0.1) is 5.92 Å². The zero-order valence-electron chi connectivity index (χ0n) is 7.63. The molecule has 1 aromatic rings. The molecule has 1 fully saturated rings. The maximum atomic E-state index is 10.9. The molecule has 1 aliphatic carbocycles. The van der Waals surface area contributed by atoms with Gasteiger partial charge in [0.2, 0.25) is 0 Å². The van der Waals surface area contributed by atoms with Crippen molar-refractivity contribution in [3.8, 4) is 5.75 Å². The van der Waals surface area contributed by atoms with E-state index in [4.69, 9.17) is 33.0 Å². The second-order valence-corrected chi connectivity index (χ2v) is 5.41. The lowest BCUT2D eigenvalue weighted by molar-refractivity contribution is 0.0698. The average Bonchev–Trinajstić information content (AvgIpc) is 2.94. The van der Waals surface area contributed by atoms with Gasteiger partial charge in [-0.25, -0.2) is 4.79 Å². The Morgan fingerprint density at radius 2 is 2.20 bits per heavy atom. The third-order valence-electron chi connectivity index (χ3n) is 2.12. The van der Waals surface area contributed by atoms with Crippen LogP contribution in [0.4, 0.5) is 0 Å². The van der Waals surface area contributed by atoms with Crippen LogP contribution < -0.4 is 4.74 Å². The van der Waals surface area contributed by atoms with Crippen molar-refractivity contribution < 1.29 is 14.6 Å². The van der Waals surface area contributed by atoms with Crippen LogP contribution in [0.25, 0.3) is 0 Å². The lowest BCUT2D eigenvalue weighted by Gasteiger charge is -2.04. The molecule has 0 radical (unpaired) electrons. The molecular weight excluding hydrogens is 259 g/mol. The minimum Gasteiger partial charge on any atom is -0.490 e. The Hall–Kier alpha value is -0.450. The summed E-state index contributed by atoms with van der Waals surface area (Å²) in [5.41, 5.74) is 0. The molecule has 6 heteroatoms. The van der Waals surface area contributed by atoms with E-state index >= 15 is 0 Å². The predicted molar refractivity (Wildman–Crippen MR) is 59.5 cm³/mol. The molecule has 0 spiro atoms. The van der Waals surface area contributed by atoms with Crippen molar-refractivity contribution in [2.24, 2.45) is 5.92 Å². The first-order chi connectivity index (χ1) is 7.09. The highest BCUT2D eigenvalue weighted by molar-refractivity contribution is 7.19. The van der Waals surface area contributed by atoms with Gasteiger partial charge in [-0.1, -0.05) is 23.2 Å². The van der Waals surface area contributed by atoms with Gasteiger partial charge < -0.3 is 9.84 Å². The molecule has 1 N–H and O–H groups in total. The van der Waals surface area contributed by atoms with Crippen molar-refractivity contribution in [3.63, 3.8) is 0 Å².